The molecule has 1 spiro atoms. The third-order valence-corrected chi connectivity index (χ3v) is 6.94. The van der Waals surface area contributed by atoms with Gasteiger partial charge < -0.3 is 10.1 Å². The van der Waals surface area contributed by atoms with Crippen molar-refractivity contribution >= 4 is 16.5 Å². The molecule has 1 N–H and O–H groups in total. The van der Waals surface area contributed by atoms with Gasteiger partial charge in [0, 0.05) is 30.4 Å². The minimum absolute atomic E-state index is 0.180. The fraction of sp³-hybridized carbons (Fsp3) is 0.556. The Kier molecular flexibility index (Phi) is 3.38. The third-order valence-electron chi connectivity index (χ3n) is 6.08. The Morgan fingerprint density at radius 2 is 2.17 bits per heavy atom. The van der Waals surface area contributed by atoms with E-state index in [0.717, 1.165) is 23.2 Å². The van der Waals surface area contributed by atoms with Crippen molar-refractivity contribution in [2.24, 2.45) is 11.3 Å². The molecule has 6 heteroatoms. The van der Waals surface area contributed by atoms with E-state index in [9.17, 15) is 4.39 Å². The first-order valence-electron chi connectivity index (χ1n) is 8.70. The van der Waals surface area contributed by atoms with E-state index in [1.807, 2.05) is 6.07 Å². The summed E-state index contributed by atoms with van der Waals surface area (Å²) in [4.78, 5) is 0. The number of ether oxygens (including phenoxy) is 1. The minimum Gasteiger partial charge on any atom is -0.377 e. The lowest BCUT2D eigenvalue weighted by atomic mass is 9.46. The molecule has 3 fully saturated rings. The lowest BCUT2D eigenvalue weighted by Gasteiger charge is -2.63. The molecular formula is C18H20FN3OS. The van der Waals surface area contributed by atoms with Crippen LogP contribution in [0.25, 0.3) is 0 Å². The number of halogens is 1. The second-order valence-electron chi connectivity index (χ2n) is 7.22. The van der Waals surface area contributed by atoms with Gasteiger partial charge in [0.2, 0.25) is 5.13 Å². The van der Waals surface area contributed by atoms with Gasteiger partial charge in [0.15, 0.2) is 0 Å². The molecule has 5 rings (SSSR count). The van der Waals surface area contributed by atoms with Crippen LogP contribution in [0.15, 0.2) is 24.3 Å². The molecular weight excluding hydrogens is 325 g/mol. The van der Waals surface area contributed by atoms with Crippen molar-refractivity contribution in [2.45, 2.75) is 44.2 Å². The van der Waals surface area contributed by atoms with Crippen molar-refractivity contribution in [1.82, 2.24) is 10.2 Å². The molecule has 3 unspecified atom stereocenters. The van der Waals surface area contributed by atoms with Crippen LogP contribution in [-0.4, -0.2) is 29.0 Å². The van der Waals surface area contributed by atoms with Crippen molar-refractivity contribution in [3.8, 4) is 0 Å². The molecule has 0 radical (unpaired) electrons. The Labute approximate surface area is 144 Å². The summed E-state index contributed by atoms with van der Waals surface area (Å²) in [7, 11) is 0. The van der Waals surface area contributed by atoms with E-state index in [1.165, 1.54) is 25.3 Å². The highest BCUT2D eigenvalue weighted by Gasteiger charge is 2.66. The van der Waals surface area contributed by atoms with Gasteiger partial charge in [-0.05, 0) is 30.9 Å². The van der Waals surface area contributed by atoms with Gasteiger partial charge in [-0.1, -0.05) is 36.0 Å². The van der Waals surface area contributed by atoms with E-state index in [2.05, 4.69) is 15.5 Å². The van der Waals surface area contributed by atoms with E-state index in [-0.39, 0.29) is 5.82 Å². The molecule has 2 heterocycles. The molecule has 1 aliphatic heterocycles. The summed E-state index contributed by atoms with van der Waals surface area (Å²) >= 11 is 1.54. The van der Waals surface area contributed by atoms with E-state index in [0.29, 0.717) is 35.5 Å². The van der Waals surface area contributed by atoms with Crippen LogP contribution in [-0.2, 0) is 11.2 Å². The molecule has 2 aliphatic carbocycles. The van der Waals surface area contributed by atoms with Crippen LogP contribution in [0.3, 0.4) is 0 Å². The Bertz CT molecular complexity index is 760. The molecule has 0 bridgehead atoms. The smallest absolute Gasteiger partial charge is 0.205 e. The maximum Gasteiger partial charge on any atom is 0.205 e. The topological polar surface area (TPSA) is 47.0 Å². The maximum absolute atomic E-state index is 13.8. The van der Waals surface area contributed by atoms with Crippen molar-refractivity contribution < 1.29 is 9.13 Å². The number of nitrogens with one attached hydrogen (secondary N) is 1. The zero-order valence-corrected chi connectivity index (χ0v) is 14.2. The Morgan fingerprint density at radius 1 is 1.29 bits per heavy atom. The highest BCUT2D eigenvalue weighted by atomic mass is 32.1. The van der Waals surface area contributed by atoms with Gasteiger partial charge in [0.1, 0.15) is 10.8 Å². The summed E-state index contributed by atoms with van der Waals surface area (Å²) in [5, 5.41) is 13.9. The van der Waals surface area contributed by atoms with Gasteiger partial charge in [-0.2, -0.15) is 0 Å². The number of benzene rings is 1. The average Bonchev–Trinajstić information content (AvgIpc) is 3.14. The monoisotopic (exact) mass is 345 g/mol. The number of hydrogen-bond donors (Lipinski definition) is 1. The predicted molar refractivity (Wildman–Crippen MR) is 90.7 cm³/mol. The zero-order chi connectivity index (χ0) is 16.1. The number of fused-ring (bicyclic) bond motifs is 2. The summed E-state index contributed by atoms with van der Waals surface area (Å²) in [5.74, 6) is 0.435. The molecule has 126 valence electrons. The lowest BCUT2D eigenvalue weighted by molar-refractivity contribution is -0.158. The van der Waals surface area contributed by atoms with Crippen LogP contribution in [0.2, 0.25) is 0 Å². The van der Waals surface area contributed by atoms with Crippen molar-refractivity contribution in [3.63, 3.8) is 0 Å². The van der Waals surface area contributed by atoms with Crippen LogP contribution in [0, 0.1) is 17.2 Å². The Hall–Kier alpha value is -1.53. The fourth-order valence-electron chi connectivity index (χ4n) is 4.78. The molecule has 1 aromatic heterocycles. The number of anilines is 1. The maximum atomic E-state index is 13.8. The summed E-state index contributed by atoms with van der Waals surface area (Å²) in [6.45, 7) is 0.893. The Balaban J connectivity index is 1.31. The molecule has 24 heavy (non-hydrogen) atoms. The summed E-state index contributed by atoms with van der Waals surface area (Å²) in [5.41, 5.74) is 1.00. The number of rotatable bonds is 4. The van der Waals surface area contributed by atoms with Crippen LogP contribution < -0.4 is 5.32 Å². The normalized spacial score (nSPS) is 29.8. The molecule has 3 aliphatic rings. The first-order valence-corrected chi connectivity index (χ1v) is 9.52. The highest BCUT2D eigenvalue weighted by molar-refractivity contribution is 7.15. The van der Waals surface area contributed by atoms with E-state index in [4.69, 9.17) is 4.74 Å². The quantitative estimate of drug-likeness (QED) is 0.919. The fourth-order valence-corrected chi connectivity index (χ4v) is 5.58. The molecule has 3 atom stereocenters. The molecule has 2 saturated carbocycles. The van der Waals surface area contributed by atoms with E-state index < -0.39 is 0 Å². The number of hydrogen-bond acceptors (Lipinski definition) is 5. The SMILES string of the molecule is Fc1ccccc1Cc1nnc(NC2C3CCOC3C23CCC3)s1. The van der Waals surface area contributed by atoms with Crippen molar-refractivity contribution in [1.29, 1.82) is 0 Å². The van der Waals surface area contributed by atoms with Crippen molar-refractivity contribution in [3.05, 3.63) is 40.7 Å². The lowest BCUT2D eigenvalue weighted by Crippen LogP contribution is -2.68. The molecule has 1 aromatic carbocycles. The number of aromatic nitrogens is 2. The van der Waals surface area contributed by atoms with Gasteiger partial charge in [0.25, 0.3) is 0 Å². The molecule has 4 nitrogen and oxygen atoms in total. The number of nitrogens with zero attached hydrogens (tertiary/aromatic N) is 2. The first kappa shape index (κ1) is 14.8. The third kappa shape index (κ3) is 2.12. The second-order valence-corrected chi connectivity index (χ2v) is 8.28. The van der Waals surface area contributed by atoms with Crippen LogP contribution in [0.5, 0.6) is 0 Å². The largest absolute Gasteiger partial charge is 0.377 e. The summed E-state index contributed by atoms with van der Waals surface area (Å²) < 4.78 is 19.7. The van der Waals surface area contributed by atoms with E-state index >= 15 is 0 Å². The highest BCUT2D eigenvalue weighted by Crippen LogP contribution is 2.63. The Morgan fingerprint density at radius 3 is 2.96 bits per heavy atom. The zero-order valence-electron chi connectivity index (χ0n) is 13.4. The minimum atomic E-state index is -0.180. The first-order chi connectivity index (χ1) is 11.8. The van der Waals surface area contributed by atoms with Gasteiger partial charge in [0.05, 0.1) is 6.10 Å². The van der Waals surface area contributed by atoms with Crippen LogP contribution >= 0.6 is 11.3 Å². The van der Waals surface area contributed by atoms with Crippen LogP contribution in [0.4, 0.5) is 9.52 Å². The van der Waals surface area contributed by atoms with E-state index in [1.54, 1.807) is 23.5 Å². The van der Waals surface area contributed by atoms with Gasteiger partial charge in [-0.15, -0.1) is 10.2 Å². The predicted octanol–water partition coefficient (Wildman–Crippen LogP) is 3.64. The van der Waals surface area contributed by atoms with Gasteiger partial charge in [-0.3, -0.25) is 0 Å². The van der Waals surface area contributed by atoms with Crippen LogP contribution in [0.1, 0.15) is 36.3 Å². The summed E-state index contributed by atoms with van der Waals surface area (Å²) in [6, 6.07) is 7.33. The average molecular weight is 345 g/mol. The second kappa shape index (κ2) is 5.49. The molecule has 0 amide bonds. The standard InChI is InChI=1S/C18H20FN3OS/c19-13-5-2-1-4-11(13)10-14-21-22-17(24-14)20-15-12-6-9-23-16(12)18(15)7-3-8-18/h1-2,4-5,12,15-16H,3,6-10H2,(H,20,22). The molecule has 2 aromatic rings. The molecule has 1 saturated heterocycles. The van der Waals surface area contributed by atoms with Crippen molar-refractivity contribution in [2.75, 3.05) is 11.9 Å². The van der Waals surface area contributed by atoms with Gasteiger partial charge >= 0.3 is 0 Å². The van der Waals surface area contributed by atoms with Gasteiger partial charge in [-0.25, -0.2) is 4.39 Å². The summed E-state index contributed by atoms with van der Waals surface area (Å²) in [6.07, 6.45) is 5.91.